The first kappa shape index (κ1) is 15.7. The first-order valence-corrected chi connectivity index (χ1v) is 7.96. The van der Waals surface area contributed by atoms with Crippen LogP contribution in [-0.4, -0.2) is 12.6 Å². The molecule has 0 bridgehead atoms. The standard InChI is InChI=1S/C17H21NO2S/c1-4-20-16(19)17(3,15-10-6-5-8-13(15)2)18-12-14-9-7-11-21-14/h5-11,18H,4,12H2,1-3H3. The maximum atomic E-state index is 12.5. The van der Waals surface area contributed by atoms with Crippen LogP contribution in [0.1, 0.15) is 29.9 Å². The van der Waals surface area contributed by atoms with E-state index in [9.17, 15) is 4.79 Å². The van der Waals surface area contributed by atoms with Crippen molar-refractivity contribution in [2.45, 2.75) is 32.9 Å². The topological polar surface area (TPSA) is 38.3 Å². The Morgan fingerprint density at radius 3 is 2.67 bits per heavy atom. The van der Waals surface area contributed by atoms with Gasteiger partial charge in [0.1, 0.15) is 5.54 Å². The van der Waals surface area contributed by atoms with Crippen LogP contribution >= 0.6 is 11.3 Å². The third-order valence-electron chi connectivity index (χ3n) is 3.56. The molecule has 0 amide bonds. The number of thiophene rings is 1. The fourth-order valence-electron chi connectivity index (χ4n) is 2.36. The van der Waals surface area contributed by atoms with Gasteiger partial charge in [0.25, 0.3) is 0 Å². The average molecular weight is 303 g/mol. The lowest BCUT2D eigenvalue weighted by atomic mass is 9.88. The highest BCUT2D eigenvalue weighted by molar-refractivity contribution is 7.09. The minimum atomic E-state index is -0.842. The van der Waals surface area contributed by atoms with Crippen molar-refractivity contribution in [3.05, 3.63) is 57.8 Å². The van der Waals surface area contributed by atoms with E-state index in [2.05, 4.69) is 11.4 Å². The summed E-state index contributed by atoms with van der Waals surface area (Å²) >= 11 is 1.67. The van der Waals surface area contributed by atoms with Crippen LogP contribution in [0.4, 0.5) is 0 Å². The first-order chi connectivity index (χ1) is 10.1. The summed E-state index contributed by atoms with van der Waals surface area (Å²) in [7, 11) is 0. The van der Waals surface area contributed by atoms with E-state index in [1.807, 2.05) is 56.5 Å². The third-order valence-corrected chi connectivity index (χ3v) is 4.44. The Hall–Kier alpha value is -1.65. The van der Waals surface area contributed by atoms with Crippen LogP contribution in [0.5, 0.6) is 0 Å². The highest BCUT2D eigenvalue weighted by atomic mass is 32.1. The van der Waals surface area contributed by atoms with Gasteiger partial charge >= 0.3 is 5.97 Å². The quantitative estimate of drug-likeness (QED) is 0.828. The number of ether oxygens (including phenoxy) is 1. The van der Waals surface area contributed by atoms with Gasteiger partial charge in [-0.25, -0.2) is 4.79 Å². The van der Waals surface area contributed by atoms with Gasteiger partial charge < -0.3 is 4.74 Å². The van der Waals surface area contributed by atoms with Crippen LogP contribution in [0.3, 0.4) is 0 Å². The molecule has 0 aliphatic heterocycles. The van der Waals surface area contributed by atoms with Gasteiger partial charge in [-0.05, 0) is 43.3 Å². The third kappa shape index (κ3) is 3.52. The van der Waals surface area contributed by atoms with Crippen molar-refractivity contribution in [3.8, 4) is 0 Å². The van der Waals surface area contributed by atoms with Crippen molar-refractivity contribution in [2.24, 2.45) is 0 Å². The van der Waals surface area contributed by atoms with Gasteiger partial charge in [0.2, 0.25) is 0 Å². The summed E-state index contributed by atoms with van der Waals surface area (Å²) in [6.45, 7) is 6.75. The number of hydrogen-bond donors (Lipinski definition) is 1. The maximum Gasteiger partial charge on any atom is 0.330 e. The second kappa shape index (κ2) is 6.87. The molecule has 1 aromatic carbocycles. The number of esters is 1. The van der Waals surface area contributed by atoms with Crippen LogP contribution in [0.15, 0.2) is 41.8 Å². The smallest absolute Gasteiger partial charge is 0.330 e. The van der Waals surface area contributed by atoms with Crippen molar-refractivity contribution in [1.29, 1.82) is 0 Å². The molecule has 3 nitrogen and oxygen atoms in total. The predicted molar refractivity (Wildman–Crippen MR) is 86.3 cm³/mol. The zero-order chi connectivity index (χ0) is 15.3. The molecule has 1 aromatic heterocycles. The zero-order valence-electron chi connectivity index (χ0n) is 12.7. The summed E-state index contributed by atoms with van der Waals surface area (Å²) in [4.78, 5) is 13.7. The molecule has 112 valence electrons. The lowest BCUT2D eigenvalue weighted by Crippen LogP contribution is -2.47. The lowest BCUT2D eigenvalue weighted by molar-refractivity contribution is -0.151. The molecular formula is C17H21NO2S. The van der Waals surface area contributed by atoms with E-state index in [1.54, 1.807) is 11.3 Å². The van der Waals surface area contributed by atoms with Gasteiger partial charge in [0.05, 0.1) is 6.61 Å². The molecule has 0 fully saturated rings. The van der Waals surface area contributed by atoms with E-state index in [1.165, 1.54) is 4.88 Å². The van der Waals surface area contributed by atoms with Crippen molar-refractivity contribution < 1.29 is 9.53 Å². The monoisotopic (exact) mass is 303 g/mol. The Balaban J connectivity index is 2.30. The Kier molecular flexibility index (Phi) is 5.15. The van der Waals surface area contributed by atoms with Gasteiger partial charge in [-0.2, -0.15) is 0 Å². The number of carbonyl (C=O) groups excluding carboxylic acids is 1. The molecule has 4 heteroatoms. The van der Waals surface area contributed by atoms with E-state index in [4.69, 9.17) is 4.74 Å². The molecule has 2 aromatic rings. The van der Waals surface area contributed by atoms with E-state index < -0.39 is 5.54 Å². The number of rotatable bonds is 6. The van der Waals surface area contributed by atoms with E-state index in [-0.39, 0.29) is 5.97 Å². The summed E-state index contributed by atoms with van der Waals surface area (Å²) in [5, 5.41) is 5.41. The lowest BCUT2D eigenvalue weighted by Gasteiger charge is -2.30. The van der Waals surface area contributed by atoms with Crippen molar-refractivity contribution in [3.63, 3.8) is 0 Å². The Morgan fingerprint density at radius 1 is 1.29 bits per heavy atom. The second-order valence-corrected chi connectivity index (χ2v) is 6.13. The summed E-state index contributed by atoms with van der Waals surface area (Å²) < 4.78 is 5.29. The van der Waals surface area contributed by atoms with Crippen LogP contribution in [0.25, 0.3) is 0 Å². The van der Waals surface area contributed by atoms with Gasteiger partial charge in [-0.1, -0.05) is 30.3 Å². The molecule has 0 radical (unpaired) electrons. The van der Waals surface area contributed by atoms with Gasteiger partial charge in [0.15, 0.2) is 0 Å². The molecule has 0 aliphatic rings. The molecule has 2 rings (SSSR count). The molecule has 0 saturated carbocycles. The summed E-state index contributed by atoms with van der Waals surface area (Å²) in [6, 6.07) is 12.0. The Labute approximate surface area is 130 Å². The molecular weight excluding hydrogens is 282 g/mol. The fraction of sp³-hybridized carbons (Fsp3) is 0.353. The predicted octanol–water partition coefficient (Wildman–Crippen LogP) is 3.62. The highest BCUT2D eigenvalue weighted by Crippen LogP contribution is 2.26. The number of hydrogen-bond acceptors (Lipinski definition) is 4. The molecule has 1 N–H and O–H groups in total. The Morgan fingerprint density at radius 2 is 2.05 bits per heavy atom. The van der Waals surface area contributed by atoms with Gasteiger partial charge in [0, 0.05) is 11.4 Å². The molecule has 1 unspecified atom stereocenters. The van der Waals surface area contributed by atoms with Crippen molar-refractivity contribution >= 4 is 17.3 Å². The van der Waals surface area contributed by atoms with E-state index in [0.29, 0.717) is 13.2 Å². The summed E-state index contributed by atoms with van der Waals surface area (Å²) in [5.41, 5.74) is 1.19. The number of carbonyl (C=O) groups is 1. The molecule has 21 heavy (non-hydrogen) atoms. The van der Waals surface area contributed by atoms with Crippen LogP contribution in [0, 0.1) is 6.92 Å². The zero-order valence-corrected chi connectivity index (χ0v) is 13.5. The van der Waals surface area contributed by atoms with Crippen LogP contribution in [0.2, 0.25) is 0 Å². The number of nitrogens with one attached hydrogen (secondary N) is 1. The normalized spacial score (nSPS) is 13.7. The van der Waals surface area contributed by atoms with Crippen LogP contribution < -0.4 is 5.32 Å². The SMILES string of the molecule is CCOC(=O)C(C)(NCc1cccs1)c1ccccc1C. The number of aryl methyl sites for hydroxylation is 1. The van der Waals surface area contributed by atoms with Crippen LogP contribution in [-0.2, 0) is 21.6 Å². The first-order valence-electron chi connectivity index (χ1n) is 7.08. The minimum absolute atomic E-state index is 0.240. The molecule has 1 heterocycles. The van der Waals surface area contributed by atoms with E-state index in [0.717, 1.165) is 11.1 Å². The second-order valence-electron chi connectivity index (χ2n) is 5.09. The molecule has 0 saturated heterocycles. The van der Waals surface area contributed by atoms with Crippen molar-refractivity contribution in [2.75, 3.05) is 6.61 Å². The molecule has 1 atom stereocenters. The fourth-order valence-corrected chi connectivity index (χ4v) is 3.01. The molecule has 0 spiro atoms. The molecule has 0 aliphatic carbocycles. The Bertz CT molecular complexity index is 595. The number of benzene rings is 1. The maximum absolute atomic E-state index is 12.5. The van der Waals surface area contributed by atoms with Gasteiger partial charge in [-0.3, -0.25) is 5.32 Å². The average Bonchev–Trinajstić information content (AvgIpc) is 2.99. The van der Waals surface area contributed by atoms with Crippen molar-refractivity contribution in [1.82, 2.24) is 5.32 Å². The van der Waals surface area contributed by atoms with E-state index >= 15 is 0 Å². The highest BCUT2D eigenvalue weighted by Gasteiger charge is 2.37. The summed E-state index contributed by atoms with van der Waals surface area (Å²) in [5.74, 6) is -0.240. The summed E-state index contributed by atoms with van der Waals surface area (Å²) in [6.07, 6.45) is 0. The minimum Gasteiger partial charge on any atom is -0.464 e. The van der Waals surface area contributed by atoms with Gasteiger partial charge in [-0.15, -0.1) is 11.3 Å². The largest absolute Gasteiger partial charge is 0.464 e.